The van der Waals surface area contributed by atoms with E-state index in [9.17, 15) is 13.2 Å². The zero-order chi connectivity index (χ0) is 14.8. The molecule has 0 atom stereocenters. The fourth-order valence-corrected chi connectivity index (χ4v) is 1.57. The number of hydrogen-bond donors (Lipinski definition) is 1. The molecule has 0 amide bonds. The lowest BCUT2D eigenvalue weighted by atomic mass is 10.1. The summed E-state index contributed by atoms with van der Waals surface area (Å²) in [6.45, 7) is -0.172. The van der Waals surface area contributed by atoms with Crippen LogP contribution >= 0.6 is 0 Å². The number of hydrogen-bond acceptors (Lipinski definition) is 4. The van der Waals surface area contributed by atoms with Crippen molar-refractivity contribution in [2.75, 3.05) is 5.73 Å². The number of rotatable bonds is 4. The van der Waals surface area contributed by atoms with Gasteiger partial charge in [-0.2, -0.15) is 0 Å². The van der Waals surface area contributed by atoms with Gasteiger partial charge in [-0.25, -0.2) is 0 Å². The Morgan fingerprint density at radius 3 is 2.65 bits per heavy atom. The smallest absolute Gasteiger partial charge is 0.472 e. The van der Waals surface area contributed by atoms with E-state index in [1.165, 1.54) is 22.9 Å². The summed E-state index contributed by atoms with van der Waals surface area (Å²) in [6, 6.07) is 5.62. The van der Waals surface area contributed by atoms with Gasteiger partial charge < -0.3 is 15.2 Å². The Morgan fingerprint density at radius 2 is 2.05 bits per heavy atom. The zero-order valence-corrected chi connectivity index (χ0v) is 10.5. The van der Waals surface area contributed by atoms with Crippen LogP contribution in [0.5, 0.6) is 11.6 Å². The molecule has 1 heterocycles. The lowest BCUT2D eigenvalue weighted by molar-refractivity contribution is -0.275. The van der Waals surface area contributed by atoms with E-state index in [1.54, 1.807) is 19.3 Å². The molecule has 108 valence electrons. The summed E-state index contributed by atoms with van der Waals surface area (Å²) in [4.78, 5) is 0. The topological polar surface area (TPSA) is 62.3 Å². The van der Waals surface area contributed by atoms with Gasteiger partial charge in [-0.3, -0.25) is 4.68 Å². The third-order valence-corrected chi connectivity index (χ3v) is 2.45. The molecule has 0 spiro atoms. The largest absolute Gasteiger partial charge is 0.573 e. The molecule has 2 aromatic rings. The lowest BCUT2D eigenvalue weighted by Gasteiger charge is -2.14. The Bertz CT molecular complexity index is 596. The van der Waals surface area contributed by atoms with Crippen molar-refractivity contribution in [2.45, 2.75) is 13.0 Å². The van der Waals surface area contributed by atoms with E-state index in [4.69, 9.17) is 10.5 Å². The molecule has 2 N–H and O–H groups in total. The normalized spacial score (nSPS) is 11.4. The first-order chi connectivity index (χ1) is 9.35. The Kier molecular flexibility index (Phi) is 3.73. The average Bonchev–Trinajstić information content (AvgIpc) is 2.72. The Hall–Kier alpha value is -2.38. The molecule has 0 saturated heterocycles. The van der Waals surface area contributed by atoms with E-state index in [2.05, 4.69) is 9.84 Å². The van der Waals surface area contributed by atoms with Gasteiger partial charge in [0.2, 0.25) is 5.88 Å². The fraction of sp³-hybridized carbons (Fsp3) is 0.250. The van der Waals surface area contributed by atoms with Gasteiger partial charge >= 0.3 is 6.36 Å². The minimum absolute atomic E-state index is 0.121. The second-order valence-electron chi connectivity index (χ2n) is 3.99. The molecule has 0 aliphatic heterocycles. The first-order valence-corrected chi connectivity index (χ1v) is 5.61. The van der Waals surface area contributed by atoms with Gasteiger partial charge in [-0.05, 0) is 12.1 Å². The van der Waals surface area contributed by atoms with Gasteiger partial charge in [0.25, 0.3) is 0 Å². The summed E-state index contributed by atoms with van der Waals surface area (Å²) in [6.07, 6.45) is -3.13. The molecule has 5 nitrogen and oxygen atoms in total. The van der Waals surface area contributed by atoms with E-state index < -0.39 is 6.36 Å². The van der Waals surface area contributed by atoms with Gasteiger partial charge in [0.15, 0.2) is 0 Å². The van der Waals surface area contributed by atoms with Crippen molar-refractivity contribution in [3.63, 3.8) is 0 Å². The van der Waals surface area contributed by atoms with Crippen molar-refractivity contribution in [3.05, 3.63) is 36.0 Å². The van der Waals surface area contributed by atoms with E-state index in [0.717, 1.165) is 0 Å². The SMILES string of the molecule is Cn1ccc(OCc2c(N)cccc2OC(F)(F)F)n1. The molecule has 0 fully saturated rings. The molecule has 20 heavy (non-hydrogen) atoms. The number of alkyl halides is 3. The molecule has 0 unspecified atom stereocenters. The Morgan fingerprint density at radius 1 is 1.30 bits per heavy atom. The standard InChI is InChI=1S/C12H12F3N3O2/c1-18-6-5-11(17-18)19-7-8-9(16)3-2-4-10(8)20-12(13,14)15/h2-6H,7,16H2,1H3. The van der Waals surface area contributed by atoms with Crippen LogP contribution in [-0.4, -0.2) is 16.1 Å². The summed E-state index contributed by atoms with van der Waals surface area (Å²) >= 11 is 0. The molecule has 0 bridgehead atoms. The van der Waals surface area contributed by atoms with Crippen LogP contribution in [-0.2, 0) is 13.7 Å². The number of anilines is 1. The van der Waals surface area contributed by atoms with Crippen LogP contribution in [0.1, 0.15) is 5.56 Å². The molecule has 1 aromatic heterocycles. The molecular weight excluding hydrogens is 275 g/mol. The maximum Gasteiger partial charge on any atom is 0.573 e. The van der Waals surface area contributed by atoms with Crippen LogP contribution in [0.3, 0.4) is 0 Å². The minimum Gasteiger partial charge on any atom is -0.472 e. The van der Waals surface area contributed by atoms with Gasteiger partial charge in [-0.1, -0.05) is 6.07 Å². The number of benzene rings is 1. The van der Waals surface area contributed by atoms with E-state index in [0.29, 0.717) is 0 Å². The third-order valence-electron chi connectivity index (χ3n) is 2.45. The van der Waals surface area contributed by atoms with Crippen LogP contribution in [0.25, 0.3) is 0 Å². The number of nitrogens with two attached hydrogens (primary N) is 1. The summed E-state index contributed by atoms with van der Waals surface area (Å²) in [7, 11) is 1.70. The number of aryl methyl sites for hydroxylation is 1. The summed E-state index contributed by atoms with van der Waals surface area (Å²) in [5, 5.41) is 3.95. The van der Waals surface area contributed by atoms with Crippen molar-refractivity contribution in [2.24, 2.45) is 7.05 Å². The molecule has 2 rings (SSSR count). The Labute approximate surface area is 112 Å². The van der Waals surface area contributed by atoms with Gasteiger partial charge in [0.05, 0.1) is 5.56 Å². The van der Waals surface area contributed by atoms with Crippen molar-refractivity contribution >= 4 is 5.69 Å². The monoisotopic (exact) mass is 287 g/mol. The summed E-state index contributed by atoms with van der Waals surface area (Å²) in [5.41, 5.74) is 5.93. The maximum atomic E-state index is 12.3. The van der Waals surface area contributed by atoms with Crippen LogP contribution in [0.2, 0.25) is 0 Å². The molecule has 0 aliphatic rings. The maximum absolute atomic E-state index is 12.3. The minimum atomic E-state index is -4.78. The predicted octanol–water partition coefficient (Wildman–Crippen LogP) is 2.48. The highest BCUT2D eigenvalue weighted by molar-refractivity contribution is 5.54. The lowest BCUT2D eigenvalue weighted by Crippen LogP contribution is -2.19. The molecule has 1 aromatic carbocycles. The molecule has 8 heteroatoms. The van der Waals surface area contributed by atoms with Crippen molar-refractivity contribution in [1.29, 1.82) is 0 Å². The van der Waals surface area contributed by atoms with Crippen LogP contribution in [0.4, 0.5) is 18.9 Å². The van der Waals surface area contributed by atoms with Gasteiger partial charge in [0, 0.05) is 25.0 Å². The average molecular weight is 287 g/mol. The number of aromatic nitrogens is 2. The van der Waals surface area contributed by atoms with Crippen molar-refractivity contribution in [1.82, 2.24) is 9.78 Å². The first-order valence-electron chi connectivity index (χ1n) is 5.61. The molecular formula is C12H12F3N3O2. The highest BCUT2D eigenvalue weighted by atomic mass is 19.4. The summed E-state index contributed by atoms with van der Waals surface area (Å²) < 4.78 is 47.6. The number of halogens is 3. The van der Waals surface area contributed by atoms with E-state index in [1.807, 2.05) is 0 Å². The Balaban J connectivity index is 2.17. The van der Waals surface area contributed by atoms with Crippen LogP contribution in [0, 0.1) is 0 Å². The fourth-order valence-electron chi connectivity index (χ4n) is 1.57. The molecule has 0 saturated carbocycles. The predicted molar refractivity (Wildman–Crippen MR) is 65.1 cm³/mol. The number of nitrogen functional groups attached to an aromatic ring is 1. The van der Waals surface area contributed by atoms with Crippen molar-refractivity contribution in [3.8, 4) is 11.6 Å². The second-order valence-corrected chi connectivity index (χ2v) is 3.99. The number of ether oxygens (including phenoxy) is 2. The zero-order valence-electron chi connectivity index (χ0n) is 10.5. The molecule has 0 radical (unpaired) electrons. The highest BCUT2D eigenvalue weighted by Crippen LogP contribution is 2.30. The van der Waals surface area contributed by atoms with Gasteiger partial charge in [-0.15, -0.1) is 18.3 Å². The van der Waals surface area contributed by atoms with Crippen LogP contribution in [0.15, 0.2) is 30.5 Å². The summed E-state index contributed by atoms with van der Waals surface area (Å²) in [5.74, 6) is -0.0952. The molecule has 0 aliphatic carbocycles. The first kappa shape index (κ1) is 14.0. The highest BCUT2D eigenvalue weighted by Gasteiger charge is 2.32. The third kappa shape index (κ3) is 3.56. The van der Waals surface area contributed by atoms with Crippen LogP contribution < -0.4 is 15.2 Å². The number of nitrogens with zero attached hydrogens (tertiary/aromatic N) is 2. The second kappa shape index (κ2) is 5.32. The van der Waals surface area contributed by atoms with E-state index in [-0.39, 0.29) is 29.5 Å². The van der Waals surface area contributed by atoms with Gasteiger partial charge in [0.1, 0.15) is 12.4 Å². The quantitative estimate of drug-likeness (QED) is 0.877. The van der Waals surface area contributed by atoms with Crippen molar-refractivity contribution < 1.29 is 22.6 Å². The van der Waals surface area contributed by atoms with E-state index >= 15 is 0 Å².